The lowest BCUT2D eigenvalue weighted by atomic mass is 10.0. The van der Waals surface area contributed by atoms with Gasteiger partial charge in [0.25, 0.3) is 5.91 Å². The first-order chi connectivity index (χ1) is 16.5. The van der Waals surface area contributed by atoms with Crippen LogP contribution in [-0.4, -0.2) is 36.6 Å². The number of rotatable bonds is 5. The molecule has 3 aromatic carbocycles. The zero-order chi connectivity index (χ0) is 23.8. The summed E-state index contributed by atoms with van der Waals surface area (Å²) in [7, 11) is 3.07. The number of carbonyl (C=O) groups is 1. The quantitative estimate of drug-likeness (QED) is 0.375. The number of methoxy groups -OCH3 is 2. The SMILES string of the molecule is COc1cc(OC)cc(C(=O)N2CCCC2c2nc3cc(-c4ccc(F)cc4F)ccc3o2)c1. The Labute approximate surface area is 194 Å². The summed E-state index contributed by atoms with van der Waals surface area (Å²) in [5, 5.41) is 0. The molecule has 6 nitrogen and oxygen atoms in total. The van der Waals surface area contributed by atoms with Gasteiger partial charge in [-0.25, -0.2) is 13.8 Å². The number of benzene rings is 3. The van der Waals surface area contributed by atoms with E-state index in [-0.39, 0.29) is 17.5 Å². The van der Waals surface area contributed by atoms with Crippen molar-refractivity contribution in [1.82, 2.24) is 9.88 Å². The molecule has 5 rings (SSSR count). The number of aromatic nitrogens is 1. The molecule has 1 aliphatic rings. The summed E-state index contributed by atoms with van der Waals surface area (Å²) in [6.45, 7) is 0.563. The van der Waals surface area contributed by atoms with Gasteiger partial charge >= 0.3 is 0 Å². The summed E-state index contributed by atoms with van der Waals surface area (Å²) in [4.78, 5) is 19.7. The first-order valence-electron chi connectivity index (χ1n) is 10.9. The highest BCUT2D eigenvalue weighted by atomic mass is 19.1. The third kappa shape index (κ3) is 3.96. The van der Waals surface area contributed by atoms with E-state index in [0.717, 1.165) is 12.5 Å². The van der Waals surface area contributed by atoms with E-state index in [1.807, 2.05) is 0 Å². The van der Waals surface area contributed by atoms with Gasteiger partial charge in [0.15, 0.2) is 5.58 Å². The van der Waals surface area contributed by atoms with Crippen molar-refractivity contribution in [3.05, 3.63) is 77.7 Å². The lowest BCUT2D eigenvalue weighted by Gasteiger charge is -2.22. The van der Waals surface area contributed by atoms with Crippen LogP contribution in [0.2, 0.25) is 0 Å². The molecule has 0 bridgehead atoms. The number of amides is 1. The molecule has 174 valence electrons. The van der Waals surface area contributed by atoms with Gasteiger partial charge in [-0.15, -0.1) is 0 Å². The number of likely N-dealkylation sites (tertiary alicyclic amines) is 1. The topological polar surface area (TPSA) is 64.8 Å². The summed E-state index contributed by atoms with van der Waals surface area (Å²) in [5.74, 6) is 0.0280. The number of fused-ring (bicyclic) bond motifs is 1. The summed E-state index contributed by atoms with van der Waals surface area (Å²) < 4.78 is 44.1. The van der Waals surface area contributed by atoms with Crippen molar-refractivity contribution in [1.29, 1.82) is 0 Å². The van der Waals surface area contributed by atoms with Gasteiger partial charge in [0.05, 0.1) is 14.2 Å². The summed E-state index contributed by atoms with van der Waals surface area (Å²) in [5.41, 5.74) is 2.36. The summed E-state index contributed by atoms with van der Waals surface area (Å²) in [6.07, 6.45) is 1.52. The van der Waals surface area contributed by atoms with E-state index in [1.54, 1.807) is 41.3 Å². The van der Waals surface area contributed by atoms with E-state index in [9.17, 15) is 13.6 Å². The van der Waals surface area contributed by atoms with Crippen LogP contribution in [0.3, 0.4) is 0 Å². The molecule has 0 N–H and O–H groups in total. The minimum absolute atomic E-state index is 0.170. The van der Waals surface area contributed by atoms with E-state index >= 15 is 0 Å². The first kappa shape index (κ1) is 21.9. The Balaban J connectivity index is 1.46. The summed E-state index contributed by atoms with van der Waals surface area (Å²) >= 11 is 0. The minimum Gasteiger partial charge on any atom is -0.497 e. The van der Waals surface area contributed by atoms with Crippen LogP contribution in [-0.2, 0) is 0 Å². The van der Waals surface area contributed by atoms with Crippen LogP contribution >= 0.6 is 0 Å². The Morgan fingerprint density at radius 3 is 2.50 bits per heavy atom. The maximum absolute atomic E-state index is 14.3. The Hall–Kier alpha value is -3.94. The molecule has 4 aromatic rings. The molecule has 1 atom stereocenters. The fourth-order valence-corrected chi connectivity index (χ4v) is 4.34. The van der Waals surface area contributed by atoms with E-state index in [1.165, 1.54) is 26.4 Å². The molecule has 0 saturated carbocycles. The average molecular weight is 464 g/mol. The number of ether oxygens (including phenoxy) is 2. The van der Waals surface area contributed by atoms with Gasteiger partial charge in [0.1, 0.15) is 34.7 Å². The van der Waals surface area contributed by atoms with Crippen LogP contribution in [0.25, 0.3) is 22.2 Å². The Bertz CT molecular complexity index is 1360. The predicted molar refractivity (Wildman–Crippen MR) is 122 cm³/mol. The monoisotopic (exact) mass is 464 g/mol. The molecule has 0 spiro atoms. The van der Waals surface area contributed by atoms with Gasteiger partial charge in [-0.1, -0.05) is 6.07 Å². The van der Waals surface area contributed by atoms with Crippen molar-refractivity contribution >= 4 is 17.0 Å². The highest BCUT2D eigenvalue weighted by Crippen LogP contribution is 2.36. The lowest BCUT2D eigenvalue weighted by Crippen LogP contribution is -2.30. The molecule has 1 aliphatic heterocycles. The Kier molecular flexibility index (Phi) is 5.65. The Morgan fingerprint density at radius 1 is 1.03 bits per heavy atom. The smallest absolute Gasteiger partial charge is 0.254 e. The van der Waals surface area contributed by atoms with Crippen molar-refractivity contribution < 1.29 is 27.5 Å². The van der Waals surface area contributed by atoms with E-state index < -0.39 is 11.6 Å². The van der Waals surface area contributed by atoms with Crippen LogP contribution in [0.1, 0.15) is 35.1 Å². The number of nitrogens with zero attached hydrogens (tertiary/aromatic N) is 2. The molecular formula is C26H22F2N2O4. The van der Waals surface area contributed by atoms with Crippen LogP contribution in [0.15, 0.2) is 59.0 Å². The van der Waals surface area contributed by atoms with Crippen LogP contribution in [0.4, 0.5) is 8.78 Å². The van der Waals surface area contributed by atoms with Gasteiger partial charge in [-0.3, -0.25) is 4.79 Å². The fraction of sp³-hybridized carbons (Fsp3) is 0.231. The maximum Gasteiger partial charge on any atom is 0.254 e. The van der Waals surface area contributed by atoms with Crippen molar-refractivity contribution in [2.45, 2.75) is 18.9 Å². The minimum atomic E-state index is -0.649. The molecule has 8 heteroatoms. The second kappa shape index (κ2) is 8.78. The highest BCUT2D eigenvalue weighted by molar-refractivity contribution is 5.95. The molecule has 1 saturated heterocycles. The number of hydrogen-bond donors (Lipinski definition) is 0. The normalized spacial score (nSPS) is 15.6. The molecule has 1 amide bonds. The standard InChI is InChI=1S/C26H22F2N2O4/c1-32-18-10-16(11-19(14-18)33-2)26(31)30-9-3-4-23(30)25-29-22-12-15(5-8-24(22)34-25)20-7-6-17(27)13-21(20)28/h5-8,10-14,23H,3-4,9H2,1-2H3. The second-order valence-electron chi connectivity index (χ2n) is 8.12. The van der Waals surface area contributed by atoms with Gasteiger partial charge < -0.3 is 18.8 Å². The average Bonchev–Trinajstić information content (AvgIpc) is 3.49. The predicted octanol–water partition coefficient (Wildman–Crippen LogP) is 5.77. The van der Waals surface area contributed by atoms with E-state index in [0.29, 0.717) is 52.6 Å². The summed E-state index contributed by atoms with van der Waals surface area (Å²) in [6, 6.07) is 13.3. The van der Waals surface area contributed by atoms with E-state index in [4.69, 9.17) is 13.9 Å². The molecule has 34 heavy (non-hydrogen) atoms. The van der Waals surface area contributed by atoms with Gasteiger partial charge in [0.2, 0.25) is 5.89 Å². The molecular weight excluding hydrogens is 442 g/mol. The molecule has 1 unspecified atom stereocenters. The third-order valence-electron chi connectivity index (χ3n) is 6.04. The van der Waals surface area contributed by atoms with Gasteiger partial charge in [0, 0.05) is 29.8 Å². The van der Waals surface area contributed by atoms with Crippen LogP contribution in [0, 0.1) is 11.6 Å². The number of oxazole rings is 1. The molecule has 0 radical (unpaired) electrons. The van der Waals surface area contributed by atoms with Crippen LogP contribution < -0.4 is 9.47 Å². The molecule has 1 aromatic heterocycles. The molecule has 2 heterocycles. The largest absolute Gasteiger partial charge is 0.497 e. The van der Waals surface area contributed by atoms with Gasteiger partial charge in [-0.05, 0) is 54.8 Å². The van der Waals surface area contributed by atoms with E-state index in [2.05, 4.69) is 4.98 Å². The number of halogens is 2. The lowest BCUT2D eigenvalue weighted by molar-refractivity contribution is 0.0716. The van der Waals surface area contributed by atoms with Crippen LogP contribution in [0.5, 0.6) is 11.5 Å². The molecule has 1 fully saturated rings. The second-order valence-corrected chi connectivity index (χ2v) is 8.12. The number of hydrogen-bond acceptors (Lipinski definition) is 5. The van der Waals surface area contributed by atoms with Crippen molar-refractivity contribution in [3.63, 3.8) is 0 Å². The Morgan fingerprint density at radius 2 is 1.79 bits per heavy atom. The maximum atomic E-state index is 14.3. The highest BCUT2D eigenvalue weighted by Gasteiger charge is 2.34. The zero-order valence-corrected chi connectivity index (χ0v) is 18.7. The molecule has 0 aliphatic carbocycles. The van der Waals surface area contributed by atoms with Crippen molar-refractivity contribution in [2.75, 3.05) is 20.8 Å². The first-order valence-corrected chi connectivity index (χ1v) is 10.9. The fourth-order valence-electron chi connectivity index (χ4n) is 4.34. The zero-order valence-electron chi connectivity index (χ0n) is 18.7. The third-order valence-corrected chi connectivity index (χ3v) is 6.04. The van der Waals surface area contributed by atoms with Crippen molar-refractivity contribution in [2.24, 2.45) is 0 Å². The van der Waals surface area contributed by atoms with Gasteiger partial charge in [-0.2, -0.15) is 0 Å². The van der Waals surface area contributed by atoms with Crippen molar-refractivity contribution in [3.8, 4) is 22.6 Å². The number of carbonyl (C=O) groups excluding carboxylic acids is 1.